The molecule has 1 N–H and O–H groups in total. The zero-order valence-corrected chi connectivity index (χ0v) is 11.3. The van der Waals surface area contributed by atoms with Crippen LogP contribution < -0.4 is 5.43 Å². The molecule has 2 aliphatic heterocycles. The summed E-state index contributed by atoms with van der Waals surface area (Å²) in [7, 11) is 0. The molecule has 1 saturated heterocycles. The van der Waals surface area contributed by atoms with Crippen LogP contribution in [0.3, 0.4) is 0 Å². The second kappa shape index (κ2) is 3.54. The Kier molecular flexibility index (Phi) is 1.95. The second-order valence-corrected chi connectivity index (χ2v) is 5.96. The minimum atomic E-state index is -1.13. The van der Waals surface area contributed by atoms with Gasteiger partial charge in [0.2, 0.25) is 0 Å². The van der Waals surface area contributed by atoms with Gasteiger partial charge in [-0.05, 0) is 37.8 Å². The first-order valence-electron chi connectivity index (χ1n) is 6.64. The molecular formula is C13H13BrFN3. The summed E-state index contributed by atoms with van der Waals surface area (Å²) in [5.74, 6) is -0.381. The number of hydrogen-bond donors (Lipinski definition) is 1. The van der Waals surface area contributed by atoms with E-state index in [1.807, 2.05) is 0 Å². The smallest absolute Gasteiger partial charge is 0.141 e. The van der Waals surface area contributed by atoms with Crippen LogP contribution in [0.2, 0.25) is 0 Å². The summed E-state index contributed by atoms with van der Waals surface area (Å²) in [4.78, 5) is 4.06. The van der Waals surface area contributed by atoms with Crippen LogP contribution in [0.4, 0.5) is 4.39 Å². The van der Waals surface area contributed by atoms with Crippen molar-refractivity contribution in [3.63, 3.8) is 0 Å². The summed E-state index contributed by atoms with van der Waals surface area (Å²) in [5, 5.41) is 2.15. The highest BCUT2D eigenvalue weighted by atomic mass is 79.9. The fourth-order valence-electron chi connectivity index (χ4n) is 2.87. The van der Waals surface area contributed by atoms with E-state index in [9.17, 15) is 4.39 Å². The molecule has 1 unspecified atom stereocenters. The van der Waals surface area contributed by atoms with Crippen molar-refractivity contribution in [1.29, 1.82) is 0 Å². The van der Waals surface area contributed by atoms with Crippen LogP contribution in [0.5, 0.6) is 0 Å². The molecule has 3 heterocycles. The van der Waals surface area contributed by atoms with Crippen molar-refractivity contribution in [3.05, 3.63) is 40.0 Å². The second-order valence-electron chi connectivity index (χ2n) is 5.17. The van der Waals surface area contributed by atoms with E-state index >= 15 is 0 Å². The van der Waals surface area contributed by atoms with E-state index in [2.05, 4.69) is 31.3 Å². The predicted octanol–water partition coefficient (Wildman–Crippen LogP) is 3.01. The lowest BCUT2D eigenvalue weighted by Gasteiger charge is -2.25. The van der Waals surface area contributed by atoms with Gasteiger partial charge in [-0.15, -0.1) is 0 Å². The third kappa shape index (κ3) is 1.40. The van der Waals surface area contributed by atoms with Gasteiger partial charge in [-0.1, -0.05) is 15.9 Å². The van der Waals surface area contributed by atoms with Gasteiger partial charge in [0.1, 0.15) is 11.8 Å². The minimum Gasteiger partial charge on any atom is -0.305 e. The van der Waals surface area contributed by atoms with Gasteiger partial charge < -0.3 is 5.01 Å². The minimum absolute atomic E-state index is 0.219. The van der Waals surface area contributed by atoms with Crippen LogP contribution >= 0.6 is 15.9 Å². The molecule has 1 aliphatic carbocycles. The number of nitrogens with zero attached hydrogens (tertiary/aromatic N) is 2. The van der Waals surface area contributed by atoms with Crippen LogP contribution in [-0.2, 0) is 0 Å². The molecule has 94 valence electrons. The molecule has 3 aliphatic rings. The monoisotopic (exact) mass is 310 g/mol. The Morgan fingerprint density at radius 3 is 3.00 bits per heavy atom. The molecule has 5 heteroatoms. The van der Waals surface area contributed by atoms with Crippen molar-refractivity contribution in [2.75, 3.05) is 0 Å². The van der Waals surface area contributed by atoms with Crippen LogP contribution in [0.15, 0.2) is 28.5 Å². The highest BCUT2D eigenvalue weighted by Crippen LogP contribution is 2.56. The number of halogens is 2. The molecule has 1 saturated carbocycles. The van der Waals surface area contributed by atoms with E-state index < -0.39 is 6.02 Å². The van der Waals surface area contributed by atoms with Gasteiger partial charge in [-0.2, -0.15) is 0 Å². The lowest BCUT2D eigenvalue weighted by molar-refractivity contribution is 0.194. The number of fused-ring (bicyclic) bond motifs is 2. The fraction of sp³-hybridized carbons (Fsp3) is 0.462. The van der Waals surface area contributed by atoms with E-state index in [0.29, 0.717) is 5.69 Å². The zero-order chi connectivity index (χ0) is 13.3. The summed E-state index contributed by atoms with van der Waals surface area (Å²) in [6.07, 6.45) is 5.65. The molecule has 1 aromatic rings. The first kappa shape index (κ1) is 9.92. The van der Waals surface area contributed by atoms with Gasteiger partial charge >= 0.3 is 0 Å². The molecule has 0 aromatic carbocycles. The van der Waals surface area contributed by atoms with Crippen LogP contribution in [-0.4, -0.2) is 15.5 Å². The largest absolute Gasteiger partial charge is 0.305 e. The van der Waals surface area contributed by atoms with E-state index in [4.69, 9.17) is 1.37 Å². The maximum absolute atomic E-state index is 13.0. The van der Waals surface area contributed by atoms with E-state index in [1.54, 1.807) is 6.07 Å². The first-order valence-corrected chi connectivity index (χ1v) is 6.94. The lowest BCUT2D eigenvalue weighted by Crippen LogP contribution is -2.39. The van der Waals surface area contributed by atoms with Crippen molar-refractivity contribution in [2.24, 2.45) is 0 Å². The molecule has 1 spiro atoms. The van der Waals surface area contributed by atoms with Gasteiger partial charge in [0.15, 0.2) is 0 Å². The normalized spacial score (nSPS) is 33.0. The maximum Gasteiger partial charge on any atom is 0.141 e. The summed E-state index contributed by atoms with van der Waals surface area (Å²) in [6.45, 7) is 0. The molecule has 1 aromatic heterocycles. The Morgan fingerprint density at radius 1 is 1.50 bits per heavy atom. The van der Waals surface area contributed by atoms with Crippen LogP contribution in [0.25, 0.3) is 0 Å². The number of hydrazine groups is 1. The number of nitrogens with one attached hydrogen (secondary N) is 1. The topological polar surface area (TPSA) is 28.2 Å². The van der Waals surface area contributed by atoms with Crippen molar-refractivity contribution in [1.82, 2.24) is 15.4 Å². The third-order valence-corrected chi connectivity index (χ3v) is 4.93. The van der Waals surface area contributed by atoms with Gasteiger partial charge in [0.05, 0.1) is 18.8 Å². The van der Waals surface area contributed by atoms with Crippen molar-refractivity contribution in [2.45, 2.75) is 37.2 Å². The summed E-state index contributed by atoms with van der Waals surface area (Å²) in [5.41, 5.74) is 5.15. The number of rotatable bonds is 1. The Balaban J connectivity index is 1.77. The van der Waals surface area contributed by atoms with Gasteiger partial charge in [0, 0.05) is 10.2 Å². The van der Waals surface area contributed by atoms with Gasteiger partial charge in [-0.3, -0.25) is 4.98 Å². The zero-order valence-electron chi connectivity index (χ0n) is 10.7. The van der Waals surface area contributed by atoms with Crippen LogP contribution in [0, 0.1) is 5.82 Å². The van der Waals surface area contributed by atoms with Gasteiger partial charge in [0.25, 0.3) is 0 Å². The molecule has 2 fully saturated rings. The average molecular weight is 311 g/mol. The molecule has 0 radical (unpaired) electrons. The number of aromatic nitrogens is 1. The Bertz CT molecular complexity index is 584. The van der Waals surface area contributed by atoms with Crippen molar-refractivity contribution < 1.29 is 5.76 Å². The van der Waals surface area contributed by atoms with Gasteiger partial charge in [-0.25, -0.2) is 9.82 Å². The quantitative estimate of drug-likeness (QED) is 0.864. The Hall–Kier alpha value is -0.940. The molecule has 18 heavy (non-hydrogen) atoms. The maximum atomic E-state index is 13.0. The van der Waals surface area contributed by atoms with Crippen molar-refractivity contribution in [3.8, 4) is 0 Å². The average Bonchev–Trinajstić information content (AvgIpc) is 3.03. The molecule has 1 atom stereocenters. The standard InChI is InChI=1S/C13H13BrFN3/c14-11-10-3-4-13(5-6-13)18(10)17-12(11)9-2-1-8(15)7-16-9/h1-2,7,12,17H,3-6H2/i12D. The lowest BCUT2D eigenvalue weighted by atomic mass is 10.1. The Labute approximate surface area is 115 Å². The molecule has 0 amide bonds. The summed E-state index contributed by atoms with van der Waals surface area (Å²) < 4.78 is 22.4. The molecule has 3 nitrogen and oxygen atoms in total. The number of hydrogen-bond acceptors (Lipinski definition) is 3. The van der Waals surface area contributed by atoms with E-state index in [1.165, 1.54) is 18.9 Å². The molecular weight excluding hydrogens is 297 g/mol. The number of pyridine rings is 1. The highest BCUT2D eigenvalue weighted by molar-refractivity contribution is 9.11. The predicted molar refractivity (Wildman–Crippen MR) is 69.1 cm³/mol. The third-order valence-electron chi connectivity index (χ3n) is 4.08. The van der Waals surface area contributed by atoms with Crippen molar-refractivity contribution >= 4 is 15.9 Å². The Morgan fingerprint density at radius 2 is 2.33 bits per heavy atom. The number of allylic oxidation sites excluding steroid dienone is 1. The molecule has 4 rings (SSSR count). The SMILES string of the molecule is [2H]C1(c2ccc(F)cn2)NN2C(=C1Br)CCC21CC1. The molecule has 0 bridgehead atoms. The summed E-state index contributed by atoms with van der Waals surface area (Å²) >= 11 is 3.56. The van der Waals surface area contributed by atoms with E-state index in [-0.39, 0.29) is 11.4 Å². The highest BCUT2D eigenvalue weighted by Gasteiger charge is 2.56. The van der Waals surface area contributed by atoms with Crippen LogP contribution in [0.1, 0.15) is 38.8 Å². The van der Waals surface area contributed by atoms with E-state index in [0.717, 1.165) is 29.2 Å². The first-order chi connectivity index (χ1) is 9.05. The fourth-order valence-corrected chi connectivity index (χ4v) is 3.54. The summed E-state index contributed by atoms with van der Waals surface area (Å²) in [6, 6.07) is 1.79.